The van der Waals surface area contributed by atoms with Gasteiger partial charge in [0.2, 0.25) is 0 Å². The van der Waals surface area contributed by atoms with Gasteiger partial charge >= 0.3 is 0 Å². The first-order chi connectivity index (χ1) is 11.9. The summed E-state index contributed by atoms with van der Waals surface area (Å²) in [6.07, 6.45) is 0. The van der Waals surface area contributed by atoms with Crippen LogP contribution in [0.25, 0.3) is 0 Å². The van der Waals surface area contributed by atoms with Crippen molar-refractivity contribution in [1.82, 2.24) is 0 Å². The van der Waals surface area contributed by atoms with Gasteiger partial charge < -0.3 is 13.9 Å². The number of rotatable bonds is 6. The predicted molar refractivity (Wildman–Crippen MR) is 104 cm³/mol. The lowest BCUT2D eigenvalue weighted by Crippen LogP contribution is -2.69. The van der Waals surface area contributed by atoms with Crippen LogP contribution in [-0.2, 0) is 13.9 Å². The van der Waals surface area contributed by atoms with E-state index in [0.29, 0.717) is 19.8 Å². The van der Waals surface area contributed by atoms with Crippen LogP contribution in [0.15, 0.2) is 60.7 Å². The molecule has 1 aliphatic rings. The van der Waals surface area contributed by atoms with Gasteiger partial charge in [0.05, 0.1) is 19.8 Å². The Balaban J connectivity index is 2.09. The van der Waals surface area contributed by atoms with Crippen LogP contribution in [0.2, 0.25) is 5.04 Å². The van der Waals surface area contributed by atoms with Crippen molar-refractivity contribution in [2.45, 2.75) is 31.4 Å². The summed E-state index contributed by atoms with van der Waals surface area (Å²) in [7, 11) is -0.746. The van der Waals surface area contributed by atoms with Crippen molar-refractivity contribution in [2.24, 2.45) is 0 Å². The SMILES string of the molecule is COC1(CO[Si](c2ccccc2)(c2ccccc2)C(C)(C)C)COC1. The lowest BCUT2D eigenvalue weighted by molar-refractivity contribution is -0.209. The van der Waals surface area contributed by atoms with E-state index < -0.39 is 8.32 Å². The highest BCUT2D eigenvalue weighted by Crippen LogP contribution is 2.38. The molecule has 1 saturated heterocycles. The molecular formula is C21H28O3Si. The van der Waals surface area contributed by atoms with Crippen molar-refractivity contribution < 1.29 is 13.9 Å². The highest BCUT2D eigenvalue weighted by atomic mass is 28.4. The average molecular weight is 357 g/mol. The normalized spacial score (nSPS) is 17.1. The van der Waals surface area contributed by atoms with Gasteiger partial charge in [-0.15, -0.1) is 0 Å². The minimum atomic E-state index is -2.49. The van der Waals surface area contributed by atoms with E-state index in [1.165, 1.54) is 10.4 Å². The van der Waals surface area contributed by atoms with Crippen molar-refractivity contribution in [1.29, 1.82) is 0 Å². The fourth-order valence-electron chi connectivity index (χ4n) is 3.59. The Morgan fingerprint density at radius 3 is 1.72 bits per heavy atom. The first kappa shape index (κ1) is 18.3. The summed E-state index contributed by atoms with van der Waals surface area (Å²) in [6.45, 7) is 8.61. The molecule has 0 bridgehead atoms. The summed E-state index contributed by atoms with van der Waals surface area (Å²) in [5.41, 5.74) is -0.312. The fourth-order valence-corrected chi connectivity index (χ4v) is 8.23. The van der Waals surface area contributed by atoms with Crippen molar-refractivity contribution in [2.75, 3.05) is 26.9 Å². The van der Waals surface area contributed by atoms with Gasteiger partial charge in [-0.25, -0.2) is 0 Å². The third-order valence-electron chi connectivity index (χ3n) is 5.13. The average Bonchev–Trinajstić information content (AvgIpc) is 2.58. The van der Waals surface area contributed by atoms with Gasteiger partial charge in [-0.1, -0.05) is 81.4 Å². The molecule has 0 saturated carbocycles. The summed E-state index contributed by atoms with van der Waals surface area (Å²) in [5, 5.41) is 2.57. The predicted octanol–water partition coefficient (Wildman–Crippen LogP) is 2.98. The van der Waals surface area contributed by atoms with E-state index in [4.69, 9.17) is 13.9 Å². The Labute approximate surface area is 152 Å². The minimum absolute atomic E-state index is 0.0186. The first-order valence-corrected chi connectivity index (χ1v) is 10.7. The minimum Gasteiger partial charge on any atom is -0.404 e. The second-order valence-electron chi connectivity index (χ2n) is 7.83. The van der Waals surface area contributed by atoms with Crippen molar-refractivity contribution >= 4 is 18.7 Å². The summed E-state index contributed by atoms with van der Waals surface area (Å²) >= 11 is 0. The lowest BCUT2D eigenvalue weighted by atomic mass is 10.0. The van der Waals surface area contributed by atoms with E-state index in [2.05, 4.69) is 81.4 Å². The summed E-state index contributed by atoms with van der Waals surface area (Å²) in [4.78, 5) is 0. The molecule has 3 rings (SSSR count). The zero-order valence-corrected chi connectivity index (χ0v) is 16.6. The quantitative estimate of drug-likeness (QED) is 0.745. The summed E-state index contributed by atoms with van der Waals surface area (Å²) < 4.78 is 18.0. The van der Waals surface area contributed by atoms with Gasteiger partial charge in [0, 0.05) is 7.11 Å². The smallest absolute Gasteiger partial charge is 0.261 e. The van der Waals surface area contributed by atoms with Crippen LogP contribution in [-0.4, -0.2) is 40.8 Å². The van der Waals surface area contributed by atoms with E-state index in [1.807, 2.05) is 0 Å². The molecule has 3 nitrogen and oxygen atoms in total. The van der Waals surface area contributed by atoms with Gasteiger partial charge in [0.15, 0.2) is 0 Å². The van der Waals surface area contributed by atoms with Crippen LogP contribution in [0.1, 0.15) is 20.8 Å². The molecule has 1 aliphatic heterocycles. The third kappa shape index (κ3) is 3.32. The maximum atomic E-state index is 6.90. The van der Waals surface area contributed by atoms with Crippen LogP contribution >= 0.6 is 0 Å². The Kier molecular flexibility index (Phi) is 5.16. The van der Waals surface area contributed by atoms with Crippen LogP contribution < -0.4 is 10.4 Å². The standard InChI is InChI=1S/C21H28O3Si/c1-20(2,3)25(18-11-7-5-8-12-18,19-13-9-6-10-14-19)24-17-21(22-4)15-23-16-21/h5-14H,15-17H2,1-4H3. The van der Waals surface area contributed by atoms with Crippen LogP contribution in [0.4, 0.5) is 0 Å². The maximum absolute atomic E-state index is 6.90. The zero-order valence-electron chi connectivity index (χ0n) is 15.6. The Bertz CT molecular complexity index is 630. The van der Waals surface area contributed by atoms with E-state index in [-0.39, 0.29) is 10.6 Å². The molecule has 0 spiro atoms. The Morgan fingerprint density at radius 2 is 1.40 bits per heavy atom. The molecule has 25 heavy (non-hydrogen) atoms. The number of methoxy groups -OCH3 is 1. The molecule has 4 heteroatoms. The van der Waals surface area contributed by atoms with E-state index >= 15 is 0 Å². The molecule has 0 radical (unpaired) electrons. The Morgan fingerprint density at radius 1 is 0.920 bits per heavy atom. The molecule has 1 fully saturated rings. The number of benzene rings is 2. The maximum Gasteiger partial charge on any atom is 0.261 e. The number of ether oxygens (including phenoxy) is 2. The number of hydrogen-bond donors (Lipinski definition) is 0. The van der Waals surface area contributed by atoms with E-state index in [0.717, 1.165) is 0 Å². The van der Waals surface area contributed by atoms with Gasteiger partial charge in [-0.05, 0) is 15.4 Å². The van der Waals surface area contributed by atoms with Crippen molar-refractivity contribution in [3.63, 3.8) is 0 Å². The molecule has 0 N–H and O–H groups in total. The molecule has 0 atom stereocenters. The molecule has 0 amide bonds. The fraction of sp³-hybridized carbons (Fsp3) is 0.429. The molecule has 0 aliphatic carbocycles. The topological polar surface area (TPSA) is 27.7 Å². The monoisotopic (exact) mass is 356 g/mol. The summed E-state index contributed by atoms with van der Waals surface area (Å²) in [5.74, 6) is 0. The second kappa shape index (κ2) is 7.04. The lowest BCUT2D eigenvalue weighted by Gasteiger charge is -2.47. The number of hydrogen-bond acceptors (Lipinski definition) is 3. The molecular weight excluding hydrogens is 328 g/mol. The second-order valence-corrected chi connectivity index (χ2v) is 12.1. The zero-order chi connectivity index (χ0) is 18.0. The van der Waals surface area contributed by atoms with Gasteiger partial charge in [0.25, 0.3) is 8.32 Å². The van der Waals surface area contributed by atoms with Gasteiger partial charge in [-0.2, -0.15) is 0 Å². The Hall–Kier alpha value is -1.46. The van der Waals surface area contributed by atoms with Crippen molar-refractivity contribution in [3.05, 3.63) is 60.7 Å². The molecule has 0 aromatic heterocycles. The van der Waals surface area contributed by atoms with Gasteiger partial charge in [0.1, 0.15) is 5.60 Å². The first-order valence-electron chi connectivity index (χ1n) is 8.81. The van der Waals surface area contributed by atoms with E-state index in [1.54, 1.807) is 7.11 Å². The van der Waals surface area contributed by atoms with Crippen LogP contribution in [0, 0.1) is 0 Å². The van der Waals surface area contributed by atoms with Crippen LogP contribution in [0.3, 0.4) is 0 Å². The largest absolute Gasteiger partial charge is 0.404 e. The molecule has 0 unspecified atom stereocenters. The molecule has 2 aromatic rings. The highest BCUT2D eigenvalue weighted by molar-refractivity contribution is 6.99. The van der Waals surface area contributed by atoms with Crippen LogP contribution in [0.5, 0.6) is 0 Å². The molecule has 1 heterocycles. The van der Waals surface area contributed by atoms with Crippen molar-refractivity contribution in [3.8, 4) is 0 Å². The van der Waals surface area contributed by atoms with Gasteiger partial charge in [-0.3, -0.25) is 0 Å². The third-order valence-corrected chi connectivity index (χ3v) is 10.1. The molecule has 2 aromatic carbocycles. The highest BCUT2D eigenvalue weighted by Gasteiger charge is 2.52. The van der Waals surface area contributed by atoms with E-state index in [9.17, 15) is 0 Å². The molecule has 134 valence electrons. The summed E-state index contributed by atoms with van der Waals surface area (Å²) in [6, 6.07) is 21.4.